The van der Waals surface area contributed by atoms with Gasteiger partial charge in [-0.05, 0) is 42.7 Å². The van der Waals surface area contributed by atoms with Crippen molar-refractivity contribution >= 4 is 5.97 Å². The van der Waals surface area contributed by atoms with Crippen molar-refractivity contribution in [2.75, 3.05) is 13.1 Å². The van der Waals surface area contributed by atoms with E-state index in [1.54, 1.807) is 0 Å². The molecule has 0 atom stereocenters. The van der Waals surface area contributed by atoms with E-state index in [4.69, 9.17) is 5.53 Å². The van der Waals surface area contributed by atoms with Crippen LogP contribution in [0, 0.1) is 0 Å². The second-order valence-corrected chi connectivity index (χ2v) is 5.45. The summed E-state index contributed by atoms with van der Waals surface area (Å²) in [6, 6.07) is 10.2. The zero-order valence-corrected chi connectivity index (χ0v) is 11.9. The summed E-state index contributed by atoms with van der Waals surface area (Å²) in [5.74, 6) is -0.382. The monoisotopic (exact) mass is 288 g/mol. The third-order valence-electron chi connectivity index (χ3n) is 4.26. The second-order valence-electron chi connectivity index (χ2n) is 5.45. The Labute approximate surface area is 123 Å². The van der Waals surface area contributed by atoms with Gasteiger partial charge in [0.2, 0.25) is 0 Å². The van der Waals surface area contributed by atoms with Crippen molar-refractivity contribution in [2.24, 2.45) is 5.11 Å². The summed E-state index contributed by atoms with van der Waals surface area (Å²) in [5.41, 5.74) is 8.66. The molecular formula is C15H20N4O2. The zero-order chi connectivity index (χ0) is 15.1. The van der Waals surface area contributed by atoms with E-state index >= 15 is 0 Å². The number of hydrogen-bond acceptors (Lipinski definition) is 3. The van der Waals surface area contributed by atoms with E-state index in [1.165, 1.54) is 5.56 Å². The van der Waals surface area contributed by atoms with Crippen molar-refractivity contribution < 1.29 is 9.90 Å². The van der Waals surface area contributed by atoms with Gasteiger partial charge in [0, 0.05) is 18.0 Å². The van der Waals surface area contributed by atoms with Gasteiger partial charge in [0.25, 0.3) is 0 Å². The van der Waals surface area contributed by atoms with Crippen molar-refractivity contribution in [1.29, 1.82) is 0 Å². The van der Waals surface area contributed by atoms with Crippen LogP contribution in [-0.4, -0.2) is 29.7 Å². The van der Waals surface area contributed by atoms with Crippen LogP contribution in [-0.2, 0) is 4.79 Å². The molecule has 0 bridgehead atoms. The molecule has 21 heavy (non-hydrogen) atoms. The molecule has 2 rings (SSSR count). The fourth-order valence-corrected chi connectivity index (χ4v) is 3.03. The van der Waals surface area contributed by atoms with Gasteiger partial charge in [-0.25, -0.2) is 0 Å². The molecule has 112 valence electrons. The molecule has 0 radical (unpaired) electrons. The normalized spacial score (nSPS) is 25.0. The van der Waals surface area contributed by atoms with E-state index < -0.39 is 11.5 Å². The smallest absolute Gasteiger partial charge is 0.323 e. The third-order valence-corrected chi connectivity index (χ3v) is 4.26. The van der Waals surface area contributed by atoms with Crippen molar-refractivity contribution in [2.45, 2.75) is 37.1 Å². The summed E-state index contributed by atoms with van der Waals surface area (Å²) in [6.07, 6.45) is 2.89. The first-order valence-electron chi connectivity index (χ1n) is 7.22. The van der Waals surface area contributed by atoms with Gasteiger partial charge >= 0.3 is 5.97 Å². The Kier molecular flexibility index (Phi) is 5.20. The lowest BCUT2D eigenvalue weighted by molar-refractivity contribution is -0.146. The number of carboxylic acids is 1. The Bertz CT molecular complexity index is 518. The lowest BCUT2D eigenvalue weighted by Gasteiger charge is -2.37. The highest BCUT2D eigenvalue weighted by Gasteiger charge is 2.41. The molecule has 0 heterocycles. The van der Waals surface area contributed by atoms with Gasteiger partial charge in [0.15, 0.2) is 0 Å². The van der Waals surface area contributed by atoms with Gasteiger partial charge < -0.3 is 10.4 Å². The summed E-state index contributed by atoms with van der Waals surface area (Å²) in [7, 11) is 0. The maximum atomic E-state index is 11.6. The van der Waals surface area contributed by atoms with E-state index in [0.29, 0.717) is 25.3 Å². The molecule has 6 heteroatoms. The minimum atomic E-state index is -0.879. The minimum Gasteiger partial charge on any atom is -0.480 e. The molecular weight excluding hydrogens is 268 g/mol. The van der Waals surface area contributed by atoms with Crippen LogP contribution in [0.1, 0.15) is 37.2 Å². The standard InChI is InChI=1S/C15H20N4O2/c16-19-18-11-10-17-15(14(20)21)8-6-13(7-9-15)12-4-2-1-3-5-12/h1-5,13,17H,6-11H2,(H,20,21). The topological polar surface area (TPSA) is 98.1 Å². The van der Waals surface area contributed by atoms with Crippen molar-refractivity contribution in [3.63, 3.8) is 0 Å². The molecule has 0 amide bonds. The van der Waals surface area contributed by atoms with Crippen LogP contribution in [0.2, 0.25) is 0 Å². The fourth-order valence-electron chi connectivity index (χ4n) is 3.03. The Balaban J connectivity index is 1.97. The van der Waals surface area contributed by atoms with E-state index in [1.807, 2.05) is 18.2 Å². The average Bonchev–Trinajstić information content (AvgIpc) is 2.53. The summed E-state index contributed by atoms with van der Waals surface area (Å²) in [5, 5.41) is 16.0. The number of azide groups is 1. The highest BCUT2D eigenvalue weighted by molar-refractivity contribution is 5.79. The molecule has 2 N–H and O–H groups in total. The lowest BCUT2D eigenvalue weighted by Crippen LogP contribution is -2.54. The number of aliphatic carboxylic acids is 1. The van der Waals surface area contributed by atoms with Crippen LogP contribution >= 0.6 is 0 Å². The first-order valence-corrected chi connectivity index (χ1v) is 7.22. The number of benzene rings is 1. The van der Waals surface area contributed by atoms with E-state index in [-0.39, 0.29) is 6.54 Å². The molecule has 0 aliphatic heterocycles. The summed E-state index contributed by atoms with van der Waals surface area (Å²) in [4.78, 5) is 14.3. The number of rotatable bonds is 6. The number of hydrogen-bond donors (Lipinski definition) is 2. The molecule has 0 spiro atoms. The first-order chi connectivity index (χ1) is 10.2. The van der Waals surface area contributed by atoms with E-state index in [0.717, 1.165) is 12.8 Å². The minimum absolute atomic E-state index is 0.271. The van der Waals surface area contributed by atoms with Gasteiger partial charge in [-0.15, -0.1) is 0 Å². The maximum Gasteiger partial charge on any atom is 0.323 e. The van der Waals surface area contributed by atoms with Crippen molar-refractivity contribution in [3.05, 3.63) is 46.3 Å². The first kappa shape index (κ1) is 15.4. The summed E-state index contributed by atoms with van der Waals surface area (Å²) >= 11 is 0. The van der Waals surface area contributed by atoms with Gasteiger partial charge in [-0.1, -0.05) is 35.4 Å². The quantitative estimate of drug-likeness (QED) is 0.364. The van der Waals surface area contributed by atoms with E-state index in [9.17, 15) is 9.90 Å². The van der Waals surface area contributed by atoms with Gasteiger partial charge in [0.1, 0.15) is 5.54 Å². The highest BCUT2D eigenvalue weighted by Crippen LogP contribution is 2.38. The number of carbonyl (C=O) groups is 1. The molecule has 1 aliphatic rings. The number of carboxylic acid groups (broad SMARTS) is 1. The molecule has 1 aromatic carbocycles. The fraction of sp³-hybridized carbons (Fsp3) is 0.533. The molecule has 1 fully saturated rings. The predicted molar refractivity (Wildman–Crippen MR) is 80.0 cm³/mol. The van der Waals surface area contributed by atoms with Crippen LogP contribution in [0.3, 0.4) is 0 Å². The van der Waals surface area contributed by atoms with Crippen LogP contribution in [0.15, 0.2) is 35.4 Å². The molecule has 0 saturated heterocycles. The Morgan fingerprint density at radius 3 is 2.62 bits per heavy atom. The summed E-state index contributed by atoms with van der Waals surface area (Å²) < 4.78 is 0. The molecule has 1 saturated carbocycles. The molecule has 0 unspecified atom stereocenters. The molecule has 1 aliphatic carbocycles. The largest absolute Gasteiger partial charge is 0.480 e. The van der Waals surface area contributed by atoms with Gasteiger partial charge in [0.05, 0.1) is 0 Å². The number of nitrogens with one attached hydrogen (secondary N) is 1. The lowest BCUT2D eigenvalue weighted by atomic mass is 9.74. The van der Waals surface area contributed by atoms with Gasteiger partial charge in [-0.2, -0.15) is 0 Å². The van der Waals surface area contributed by atoms with Crippen LogP contribution in [0.4, 0.5) is 0 Å². The third kappa shape index (κ3) is 3.74. The Morgan fingerprint density at radius 1 is 1.38 bits per heavy atom. The second kappa shape index (κ2) is 7.11. The van der Waals surface area contributed by atoms with Crippen LogP contribution < -0.4 is 5.32 Å². The maximum absolute atomic E-state index is 11.6. The zero-order valence-electron chi connectivity index (χ0n) is 11.9. The predicted octanol–water partition coefficient (Wildman–Crippen LogP) is 3.07. The number of nitrogens with zero attached hydrogens (tertiary/aromatic N) is 3. The van der Waals surface area contributed by atoms with Crippen molar-refractivity contribution in [3.8, 4) is 0 Å². The van der Waals surface area contributed by atoms with Crippen LogP contribution in [0.25, 0.3) is 10.4 Å². The highest BCUT2D eigenvalue weighted by atomic mass is 16.4. The molecule has 6 nitrogen and oxygen atoms in total. The van der Waals surface area contributed by atoms with E-state index in [2.05, 4.69) is 27.5 Å². The summed E-state index contributed by atoms with van der Waals surface area (Å²) in [6.45, 7) is 0.667. The van der Waals surface area contributed by atoms with Gasteiger partial charge in [-0.3, -0.25) is 4.79 Å². The Morgan fingerprint density at radius 2 is 2.05 bits per heavy atom. The SMILES string of the molecule is [N-]=[N+]=NCCNC1(C(=O)O)CCC(c2ccccc2)CC1. The molecule has 1 aromatic rings. The Hall–Kier alpha value is -2.04. The molecule has 0 aromatic heterocycles. The van der Waals surface area contributed by atoms with Crippen LogP contribution in [0.5, 0.6) is 0 Å². The van der Waals surface area contributed by atoms with Crippen molar-refractivity contribution in [1.82, 2.24) is 5.32 Å². The average molecular weight is 288 g/mol.